The summed E-state index contributed by atoms with van der Waals surface area (Å²) >= 11 is 0. The van der Waals surface area contributed by atoms with Gasteiger partial charge in [-0.25, -0.2) is 0 Å². The highest BCUT2D eigenvalue weighted by Gasteiger charge is 2.21. The summed E-state index contributed by atoms with van der Waals surface area (Å²) in [5.74, 6) is -2.80. The summed E-state index contributed by atoms with van der Waals surface area (Å²) < 4.78 is 0. The number of benzene rings is 1. The van der Waals surface area contributed by atoms with Crippen molar-refractivity contribution in [3.63, 3.8) is 0 Å². The molecule has 6 nitrogen and oxygen atoms in total. The number of hydrogen-bond donors (Lipinski definition) is 2. The molecule has 0 saturated heterocycles. The van der Waals surface area contributed by atoms with Crippen molar-refractivity contribution in [2.45, 2.75) is 33.7 Å². The molecule has 124 valence electrons. The summed E-state index contributed by atoms with van der Waals surface area (Å²) in [6.45, 7) is 6.63. The van der Waals surface area contributed by atoms with Gasteiger partial charge < -0.3 is 20.5 Å². The highest BCUT2D eigenvalue weighted by atomic mass is 16.4. The van der Waals surface area contributed by atoms with Crippen LogP contribution in [0.5, 0.6) is 0 Å². The molecule has 23 heavy (non-hydrogen) atoms. The highest BCUT2D eigenvalue weighted by Crippen LogP contribution is 2.07. The van der Waals surface area contributed by atoms with Crippen LogP contribution in [0.2, 0.25) is 0 Å². The summed E-state index contributed by atoms with van der Waals surface area (Å²) in [5.41, 5.74) is 0.998. The van der Waals surface area contributed by atoms with Gasteiger partial charge in [-0.2, -0.15) is 0 Å². The lowest BCUT2D eigenvalue weighted by Gasteiger charge is -2.24. The number of rotatable bonds is 6. The summed E-state index contributed by atoms with van der Waals surface area (Å²) in [6.07, 6.45) is 0. The van der Waals surface area contributed by atoms with E-state index in [1.165, 1.54) is 0 Å². The van der Waals surface area contributed by atoms with E-state index in [1.807, 2.05) is 0 Å². The van der Waals surface area contributed by atoms with Gasteiger partial charge in [0, 0.05) is 5.56 Å². The van der Waals surface area contributed by atoms with Crippen molar-refractivity contribution in [2.24, 2.45) is 5.92 Å². The SMILES string of the molecule is CC(C)=C(NC(=O)c1ccccc1)C(=O)N[C@@H](C(=O)[O-])C(C)C. The molecule has 0 aliphatic carbocycles. The molecule has 0 heterocycles. The van der Waals surface area contributed by atoms with Crippen LogP contribution in [0.4, 0.5) is 0 Å². The number of carbonyl (C=O) groups excluding carboxylic acids is 3. The van der Waals surface area contributed by atoms with Gasteiger partial charge in [-0.15, -0.1) is 0 Å². The Bertz CT molecular complexity index is 617. The molecule has 1 aromatic rings. The zero-order valence-corrected chi connectivity index (χ0v) is 13.7. The third-order valence-electron chi connectivity index (χ3n) is 3.21. The zero-order chi connectivity index (χ0) is 17.6. The minimum absolute atomic E-state index is 0.0331. The Hall–Kier alpha value is -2.63. The van der Waals surface area contributed by atoms with E-state index in [0.29, 0.717) is 11.1 Å². The molecule has 0 fully saturated rings. The monoisotopic (exact) mass is 317 g/mol. The number of carbonyl (C=O) groups is 3. The van der Waals surface area contributed by atoms with E-state index in [0.717, 1.165) is 0 Å². The Morgan fingerprint density at radius 1 is 1.04 bits per heavy atom. The maximum atomic E-state index is 12.3. The smallest absolute Gasteiger partial charge is 0.268 e. The lowest BCUT2D eigenvalue weighted by Crippen LogP contribution is -2.52. The van der Waals surface area contributed by atoms with Gasteiger partial charge in [-0.05, 0) is 37.5 Å². The summed E-state index contributed by atoms with van der Waals surface area (Å²) in [6, 6.07) is 7.30. The Balaban J connectivity index is 2.91. The van der Waals surface area contributed by atoms with Crippen molar-refractivity contribution < 1.29 is 19.5 Å². The van der Waals surface area contributed by atoms with Gasteiger partial charge in [0.05, 0.1) is 12.0 Å². The number of carboxylic acids is 1. The van der Waals surface area contributed by atoms with Crippen molar-refractivity contribution in [3.8, 4) is 0 Å². The van der Waals surface area contributed by atoms with Gasteiger partial charge in [0.1, 0.15) is 5.70 Å². The second-order valence-electron chi connectivity index (χ2n) is 5.71. The predicted molar refractivity (Wildman–Crippen MR) is 84.1 cm³/mol. The van der Waals surface area contributed by atoms with Crippen LogP contribution in [0.1, 0.15) is 38.1 Å². The first-order valence-corrected chi connectivity index (χ1v) is 7.29. The van der Waals surface area contributed by atoms with Crippen LogP contribution in [0.15, 0.2) is 41.6 Å². The number of aliphatic carboxylic acids is 1. The van der Waals surface area contributed by atoms with Gasteiger partial charge in [0.25, 0.3) is 11.8 Å². The molecule has 0 aliphatic rings. The fourth-order valence-electron chi connectivity index (χ4n) is 1.90. The number of hydrogen-bond acceptors (Lipinski definition) is 4. The Morgan fingerprint density at radius 3 is 2.04 bits per heavy atom. The fraction of sp³-hybridized carbons (Fsp3) is 0.353. The predicted octanol–water partition coefficient (Wildman–Crippen LogP) is 0.601. The minimum Gasteiger partial charge on any atom is -0.548 e. The standard InChI is InChI=1S/C17H22N2O4/c1-10(2)13(16(21)19-14(11(3)4)17(22)23)18-15(20)12-8-6-5-7-9-12/h5-9,11,14H,1-4H3,(H,18,20)(H,19,21)(H,22,23)/p-1/t14-/m1/s1. The minimum atomic E-state index is -1.36. The van der Waals surface area contributed by atoms with Crippen LogP contribution in [0, 0.1) is 5.92 Å². The first kappa shape index (κ1) is 18.4. The Labute approximate surface area is 135 Å². The topological polar surface area (TPSA) is 98.3 Å². The molecule has 0 aromatic heterocycles. The van der Waals surface area contributed by atoms with Gasteiger partial charge in [0.15, 0.2) is 0 Å². The molecule has 0 saturated carbocycles. The van der Waals surface area contributed by atoms with E-state index in [4.69, 9.17) is 0 Å². The number of carboxylic acid groups (broad SMARTS) is 1. The maximum absolute atomic E-state index is 12.3. The van der Waals surface area contributed by atoms with Crippen molar-refractivity contribution >= 4 is 17.8 Å². The van der Waals surface area contributed by atoms with E-state index in [9.17, 15) is 19.5 Å². The molecule has 1 aromatic carbocycles. The summed E-state index contributed by atoms with van der Waals surface area (Å²) in [4.78, 5) is 35.5. The third kappa shape index (κ3) is 5.25. The Morgan fingerprint density at radius 2 is 1.61 bits per heavy atom. The van der Waals surface area contributed by atoms with Crippen molar-refractivity contribution in [1.29, 1.82) is 0 Å². The molecule has 2 N–H and O–H groups in total. The van der Waals surface area contributed by atoms with E-state index in [2.05, 4.69) is 10.6 Å². The average Bonchev–Trinajstić information content (AvgIpc) is 2.49. The second-order valence-corrected chi connectivity index (χ2v) is 5.71. The first-order valence-electron chi connectivity index (χ1n) is 7.29. The van der Waals surface area contributed by atoms with Gasteiger partial charge in [0.2, 0.25) is 0 Å². The Kier molecular flexibility index (Phi) is 6.50. The number of allylic oxidation sites excluding steroid dienone is 1. The molecule has 1 rings (SSSR count). The number of nitrogens with one attached hydrogen (secondary N) is 2. The first-order chi connectivity index (χ1) is 10.7. The van der Waals surface area contributed by atoms with Crippen molar-refractivity contribution in [2.75, 3.05) is 0 Å². The van der Waals surface area contributed by atoms with E-state index in [1.54, 1.807) is 58.0 Å². The quantitative estimate of drug-likeness (QED) is 0.751. The molecule has 1 atom stereocenters. The number of amides is 2. The van der Waals surface area contributed by atoms with Crippen LogP contribution in [-0.4, -0.2) is 23.8 Å². The average molecular weight is 317 g/mol. The molecule has 2 amide bonds. The molecular weight excluding hydrogens is 296 g/mol. The molecule has 0 aliphatic heterocycles. The van der Waals surface area contributed by atoms with Crippen LogP contribution in [0.3, 0.4) is 0 Å². The van der Waals surface area contributed by atoms with Gasteiger partial charge >= 0.3 is 0 Å². The summed E-state index contributed by atoms with van der Waals surface area (Å²) in [7, 11) is 0. The second kappa shape index (κ2) is 8.12. The van der Waals surface area contributed by atoms with Crippen molar-refractivity contribution in [1.82, 2.24) is 10.6 Å². The molecule has 0 bridgehead atoms. The van der Waals surface area contributed by atoms with Crippen LogP contribution in [-0.2, 0) is 9.59 Å². The van der Waals surface area contributed by atoms with E-state index in [-0.39, 0.29) is 11.6 Å². The summed E-state index contributed by atoms with van der Waals surface area (Å²) in [5, 5.41) is 16.0. The van der Waals surface area contributed by atoms with Gasteiger partial charge in [-0.1, -0.05) is 32.0 Å². The molecule has 0 unspecified atom stereocenters. The highest BCUT2D eigenvalue weighted by molar-refractivity contribution is 6.03. The zero-order valence-electron chi connectivity index (χ0n) is 13.7. The van der Waals surface area contributed by atoms with Crippen LogP contribution < -0.4 is 15.7 Å². The maximum Gasteiger partial charge on any atom is 0.268 e. The van der Waals surface area contributed by atoms with Crippen LogP contribution in [0.25, 0.3) is 0 Å². The fourth-order valence-corrected chi connectivity index (χ4v) is 1.90. The molecule has 0 radical (unpaired) electrons. The molecular formula is C17H21N2O4-. The molecule has 0 spiro atoms. The third-order valence-corrected chi connectivity index (χ3v) is 3.21. The molecule has 6 heteroatoms. The van der Waals surface area contributed by atoms with Gasteiger partial charge in [-0.3, -0.25) is 9.59 Å². The van der Waals surface area contributed by atoms with Crippen molar-refractivity contribution in [3.05, 3.63) is 47.2 Å². The largest absolute Gasteiger partial charge is 0.548 e. The lowest BCUT2D eigenvalue weighted by molar-refractivity contribution is -0.309. The lowest BCUT2D eigenvalue weighted by atomic mass is 10.0. The van der Waals surface area contributed by atoms with Crippen LogP contribution >= 0.6 is 0 Å². The van der Waals surface area contributed by atoms with E-state index < -0.39 is 23.8 Å². The van der Waals surface area contributed by atoms with E-state index >= 15 is 0 Å². The normalized spacial score (nSPS) is 11.5.